The lowest BCUT2D eigenvalue weighted by molar-refractivity contribution is -0.110. The first-order valence-electron chi connectivity index (χ1n) is 13.0. The van der Waals surface area contributed by atoms with Gasteiger partial charge in [0, 0.05) is 47.3 Å². The van der Waals surface area contributed by atoms with Crippen molar-refractivity contribution in [1.82, 2.24) is 15.2 Å². The second kappa shape index (κ2) is 11.0. The third-order valence-corrected chi connectivity index (χ3v) is 7.76. The molecule has 2 aromatic carbocycles. The highest BCUT2D eigenvalue weighted by Gasteiger charge is 2.28. The van der Waals surface area contributed by atoms with E-state index in [0.717, 1.165) is 53.1 Å². The molecule has 0 radical (unpaired) electrons. The normalized spacial score (nSPS) is 18.6. The number of hydrogen-bond acceptors (Lipinski definition) is 3. The van der Waals surface area contributed by atoms with Crippen LogP contribution in [0.4, 0.5) is 5.69 Å². The average molecular weight is 517 g/mol. The number of carbonyl (C=O) groups excluding carboxylic acids is 2. The lowest BCUT2D eigenvalue weighted by Crippen LogP contribution is -2.39. The third-order valence-electron chi connectivity index (χ3n) is 7.52. The minimum absolute atomic E-state index is 0.0963. The number of hydrogen-bond donors (Lipinski definition) is 3. The van der Waals surface area contributed by atoms with E-state index >= 15 is 0 Å². The molecule has 2 aliphatic heterocycles. The summed E-state index contributed by atoms with van der Waals surface area (Å²) in [4.78, 5) is 31.6. The molecule has 3 aromatic rings. The largest absolute Gasteiger partial charge is 0.361 e. The van der Waals surface area contributed by atoms with Gasteiger partial charge in [-0.3, -0.25) is 9.59 Å². The Kier molecular flexibility index (Phi) is 7.49. The number of aromatic amines is 1. The van der Waals surface area contributed by atoms with Gasteiger partial charge in [0.15, 0.2) is 0 Å². The molecule has 5 rings (SSSR count). The zero-order valence-corrected chi connectivity index (χ0v) is 22.1. The molecule has 192 valence electrons. The number of nitrogens with zero attached hydrogens (tertiary/aromatic N) is 1. The van der Waals surface area contributed by atoms with Gasteiger partial charge < -0.3 is 20.5 Å². The van der Waals surface area contributed by atoms with E-state index in [4.69, 9.17) is 11.6 Å². The van der Waals surface area contributed by atoms with E-state index < -0.39 is 0 Å². The Morgan fingerprint density at radius 2 is 2.05 bits per heavy atom. The van der Waals surface area contributed by atoms with E-state index in [2.05, 4.69) is 27.4 Å². The van der Waals surface area contributed by atoms with Crippen molar-refractivity contribution in [3.05, 3.63) is 76.1 Å². The molecule has 2 amide bonds. The van der Waals surface area contributed by atoms with Crippen molar-refractivity contribution in [3.63, 3.8) is 0 Å². The van der Waals surface area contributed by atoms with E-state index in [9.17, 15) is 9.59 Å². The molecule has 3 N–H and O–H groups in total. The van der Waals surface area contributed by atoms with E-state index in [-0.39, 0.29) is 11.8 Å². The predicted molar refractivity (Wildman–Crippen MR) is 151 cm³/mol. The minimum Gasteiger partial charge on any atom is -0.361 e. The van der Waals surface area contributed by atoms with Crippen LogP contribution in [0.5, 0.6) is 0 Å². The topological polar surface area (TPSA) is 77.2 Å². The second-order valence-electron chi connectivity index (χ2n) is 9.98. The minimum atomic E-state index is -0.170. The molecule has 1 fully saturated rings. The molecular weight excluding hydrogens is 484 g/mol. The Labute approximate surface area is 223 Å². The molecule has 2 aliphatic rings. The molecule has 1 atom stereocenters. The molecule has 0 aliphatic carbocycles. The number of aromatic nitrogens is 1. The van der Waals surface area contributed by atoms with Crippen LogP contribution in [-0.4, -0.2) is 47.4 Å². The Bertz CT molecular complexity index is 1360. The van der Waals surface area contributed by atoms with Crippen LogP contribution in [-0.2, 0) is 4.79 Å². The maximum atomic E-state index is 13.0. The van der Waals surface area contributed by atoms with E-state index in [0.29, 0.717) is 28.7 Å². The van der Waals surface area contributed by atoms with E-state index in [1.807, 2.05) is 55.5 Å². The lowest BCUT2D eigenvalue weighted by Gasteiger charge is -2.33. The lowest BCUT2D eigenvalue weighted by atomic mass is 9.94. The summed E-state index contributed by atoms with van der Waals surface area (Å²) in [7, 11) is 0. The van der Waals surface area contributed by atoms with Gasteiger partial charge in [-0.05, 0) is 80.6 Å². The summed E-state index contributed by atoms with van der Waals surface area (Å²) in [5.74, 6) is -0.266. The maximum Gasteiger partial charge on any atom is 0.256 e. The smallest absolute Gasteiger partial charge is 0.256 e. The van der Waals surface area contributed by atoms with Crippen molar-refractivity contribution >= 4 is 40.8 Å². The van der Waals surface area contributed by atoms with Crippen molar-refractivity contribution in [3.8, 4) is 11.1 Å². The van der Waals surface area contributed by atoms with Crippen LogP contribution in [0.1, 0.15) is 59.8 Å². The van der Waals surface area contributed by atoms with Gasteiger partial charge in [0.2, 0.25) is 0 Å². The van der Waals surface area contributed by atoms with Crippen molar-refractivity contribution in [2.45, 2.75) is 45.6 Å². The average Bonchev–Trinajstić information content (AvgIpc) is 3.41. The van der Waals surface area contributed by atoms with Crippen LogP contribution in [0.2, 0.25) is 5.02 Å². The molecule has 37 heavy (non-hydrogen) atoms. The summed E-state index contributed by atoms with van der Waals surface area (Å²) >= 11 is 6.24. The van der Waals surface area contributed by atoms with Gasteiger partial charge in [0.05, 0.1) is 11.1 Å². The highest BCUT2D eigenvalue weighted by molar-refractivity contribution is 6.36. The fraction of sp³-hybridized carbons (Fsp3) is 0.333. The monoisotopic (exact) mass is 516 g/mol. The first-order valence-corrected chi connectivity index (χ1v) is 13.4. The van der Waals surface area contributed by atoms with Crippen LogP contribution in [0, 0.1) is 6.92 Å². The van der Waals surface area contributed by atoms with Crippen LogP contribution >= 0.6 is 11.6 Å². The van der Waals surface area contributed by atoms with Gasteiger partial charge in [-0.2, -0.15) is 0 Å². The summed E-state index contributed by atoms with van der Waals surface area (Å²) < 4.78 is 0. The summed E-state index contributed by atoms with van der Waals surface area (Å²) in [5, 5.41) is 6.67. The molecule has 3 heterocycles. The number of benzene rings is 2. The standard InChI is InChI=1S/C30H33ClN4O2/c1-19-8-3-4-14-35(19)15-7-13-32-29(36)25-18-33-27(20(25)2)17-24-28-23(21-9-5-10-22(31)16-21)11-6-12-26(28)34-30(24)37/h5-6,9-12,16-19,33H,3-4,7-8,13-15H2,1-2H3,(H,32,36)(H,34,37)/b24-17-. The number of amides is 2. The summed E-state index contributed by atoms with van der Waals surface area (Å²) in [6.07, 6.45) is 8.32. The number of H-pyrrole nitrogens is 1. The zero-order valence-electron chi connectivity index (χ0n) is 21.4. The van der Waals surface area contributed by atoms with Gasteiger partial charge in [0.1, 0.15) is 0 Å². The first kappa shape index (κ1) is 25.3. The van der Waals surface area contributed by atoms with Crippen LogP contribution < -0.4 is 10.6 Å². The number of piperidine rings is 1. The fourth-order valence-corrected chi connectivity index (χ4v) is 5.59. The quantitative estimate of drug-likeness (QED) is 0.261. The van der Waals surface area contributed by atoms with Gasteiger partial charge in [-0.25, -0.2) is 0 Å². The van der Waals surface area contributed by atoms with Gasteiger partial charge in [-0.15, -0.1) is 0 Å². The Morgan fingerprint density at radius 3 is 2.86 bits per heavy atom. The fourth-order valence-electron chi connectivity index (χ4n) is 5.39. The van der Waals surface area contributed by atoms with Crippen molar-refractivity contribution in [2.24, 2.45) is 0 Å². The predicted octanol–water partition coefficient (Wildman–Crippen LogP) is 6.13. The van der Waals surface area contributed by atoms with Crippen LogP contribution in [0.3, 0.4) is 0 Å². The van der Waals surface area contributed by atoms with Crippen LogP contribution in [0.15, 0.2) is 48.7 Å². The Morgan fingerprint density at radius 1 is 1.22 bits per heavy atom. The third kappa shape index (κ3) is 5.36. The molecule has 0 saturated carbocycles. The number of likely N-dealkylation sites (tertiary alicyclic amines) is 1. The molecule has 1 unspecified atom stereocenters. The summed E-state index contributed by atoms with van der Waals surface area (Å²) in [6.45, 7) is 7.00. The number of halogens is 1. The second-order valence-corrected chi connectivity index (χ2v) is 10.4. The highest BCUT2D eigenvalue weighted by Crippen LogP contribution is 2.41. The molecule has 0 spiro atoms. The van der Waals surface area contributed by atoms with Gasteiger partial charge >= 0.3 is 0 Å². The first-order chi connectivity index (χ1) is 17.9. The van der Waals surface area contributed by atoms with E-state index in [1.165, 1.54) is 19.3 Å². The molecule has 0 bridgehead atoms. The Hall–Kier alpha value is -3.35. The van der Waals surface area contributed by atoms with E-state index in [1.54, 1.807) is 6.20 Å². The highest BCUT2D eigenvalue weighted by atomic mass is 35.5. The molecule has 6 nitrogen and oxygen atoms in total. The number of anilines is 1. The molecule has 7 heteroatoms. The number of fused-ring (bicyclic) bond motifs is 1. The maximum absolute atomic E-state index is 13.0. The number of nitrogens with one attached hydrogen (secondary N) is 3. The Balaban J connectivity index is 1.32. The molecule has 1 aromatic heterocycles. The van der Waals surface area contributed by atoms with Crippen molar-refractivity contribution in [2.75, 3.05) is 25.0 Å². The van der Waals surface area contributed by atoms with Gasteiger partial charge in [-0.1, -0.05) is 42.3 Å². The number of carbonyl (C=O) groups is 2. The summed E-state index contributed by atoms with van der Waals surface area (Å²) in [6, 6.07) is 14.0. The molecule has 1 saturated heterocycles. The van der Waals surface area contributed by atoms with Crippen LogP contribution in [0.25, 0.3) is 22.8 Å². The van der Waals surface area contributed by atoms with Gasteiger partial charge in [0.25, 0.3) is 11.8 Å². The van der Waals surface area contributed by atoms with Crippen molar-refractivity contribution < 1.29 is 9.59 Å². The SMILES string of the molecule is Cc1c(C(=O)NCCCN2CCCCC2C)c[nH]c1/C=C1\C(=O)Nc2cccc(-c3cccc(Cl)c3)c21. The summed E-state index contributed by atoms with van der Waals surface area (Å²) in [5.41, 5.74) is 6.17. The number of rotatable bonds is 7. The zero-order chi connectivity index (χ0) is 25.9. The van der Waals surface area contributed by atoms with Crippen molar-refractivity contribution in [1.29, 1.82) is 0 Å². The molecular formula is C30H33ClN4O2.